The van der Waals surface area contributed by atoms with Gasteiger partial charge in [-0.25, -0.2) is 0 Å². The van der Waals surface area contributed by atoms with Gasteiger partial charge >= 0.3 is 27.5 Å². The van der Waals surface area contributed by atoms with Crippen LogP contribution in [0.4, 0.5) is 22.0 Å². The first-order valence-corrected chi connectivity index (χ1v) is 10.6. The summed E-state index contributed by atoms with van der Waals surface area (Å²) >= 11 is 0. The molecule has 0 amide bonds. The molecule has 0 aromatic carbocycles. The van der Waals surface area contributed by atoms with E-state index in [2.05, 4.69) is 4.74 Å². The molecule has 4 aliphatic rings. The van der Waals surface area contributed by atoms with Crippen LogP contribution in [-0.4, -0.2) is 36.5 Å². The summed E-state index contributed by atoms with van der Waals surface area (Å²) < 4.78 is 101. The molecule has 4 saturated carbocycles. The number of ether oxygens (including phenoxy) is 1. The molecule has 11 heteroatoms. The third-order valence-corrected chi connectivity index (χ3v) is 7.95. The van der Waals surface area contributed by atoms with Crippen molar-refractivity contribution in [1.82, 2.24) is 0 Å². The lowest BCUT2D eigenvalue weighted by molar-refractivity contribution is -0.267. The molecule has 5 nitrogen and oxygen atoms in total. The lowest BCUT2D eigenvalue weighted by Gasteiger charge is -2.61. The smallest absolute Gasteiger partial charge is 0.432 e. The van der Waals surface area contributed by atoms with Crippen LogP contribution in [0.15, 0.2) is 0 Å². The van der Waals surface area contributed by atoms with E-state index in [0.29, 0.717) is 37.0 Å². The fourth-order valence-electron chi connectivity index (χ4n) is 5.81. The highest BCUT2D eigenvalue weighted by Crippen LogP contribution is 2.66. The van der Waals surface area contributed by atoms with Crippen LogP contribution in [0, 0.1) is 28.6 Å². The van der Waals surface area contributed by atoms with E-state index in [1.165, 1.54) is 13.8 Å². The van der Waals surface area contributed by atoms with Crippen molar-refractivity contribution in [2.75, 3.05) is 0 Å². The molecule has 0 aromatic heterocycles. The van der Waals surface area contributed by atoms with Crippen LogP contribution in [0.3, 0.4) is 0 Å². The van der Waals surface area contributed by atoms with E-state index in [0.717, 1.165) is 19.3 Å². The number of rotatable bonds is 5. The second kappa shape index (κ2) is 6.26. The molecule has 4 bridgehead atoms. The van der Waals surface area contributed by atoms with Crippen molar-refractivity contribution in [3.8, 4) is 0 Å². The first kappa shape index (κ1) is 21.7. The van der Waals surface area contributed by atoms with E-state index in [9.17, 15) is 35.2 Å². The molecule has 1 unspecified atom stereocenters. The van der Waals surface area contributed by atoms with Gasteiger partial charge in [-0.3, -0.25) is 9.35 Å². The lowest BCUT2D eigenvalue weighted by Crippen LogP contribution is -2.58. The van der Waals surface area contributed by atoms with Crippen molar-refractivity contribution in [3.05, 3.63) is 0 Å². The van der Waals surface area contributed by atoms with E-state index in [1.54, 1.807) is 0 Å². The molecule has 28 heavy (non-hydrogen) atoms. The molecule has 0 aliphatic heterocycles. The molecule has 0 radical (unpaired) electrons. The monoisotopic (exact) mass is 434 g/mol. The van der Waals surface area contributed by atoms with Gasteiger partial charge in [0.05, 0.1) is 5.41 Å². The summed E-state index contributed by atoms with van der Waals surface area (Å²) in [6, 6.07) is 0. The Morgan fingerprint density at radius 2 is 1.39 bits per heavy atom. The van der Waals surface area contributed by atoms with Gasteiger partial charge in [-0.2, -0.15) is 30.4 Å². The predicted octanol–water partition coefficient (Wildman–Crippen LogP) is 4.18. The Bertz CT molecular complexity index is 723. The Hall–Kier alpha value is -0.970. The summed E-state index contributed by atoms with van der Waals surface area (Å²) in [6.45, 7) is 2.75. The number of hydrogen-bond donors (Lipinski definition) is 1. The van der Waals surface area contributed by atoms with Crippen molar-refractivity contribution in [2.45, 2.75) is 69.9 Å². The highest BCUT2D eigenvalue weighted by molar-refractivity contribution is 7.86. The molecule has 0 heterocycles. The van der Waals surface area contributed by atoms with Gasteiger partial charge in [-0.1, -0.05) is 0 Å². The molecular formula is C17H23F5O5S. The quantitative estimate of drug-likeness (QED) is 0.399. The summed E-state index contributed by atoms with van der Waals surface area (Å²) in [4.78, 5) is 12.7. The molecule has 4 fully saturated rings. The van der Waals surface area contributed by atoms with Crippen molar-refractivity contribution >= 4 is 16.1 Å². The highest BCUT2D eigenvalue weighted by Gasteiger charge is 2.68. The van der Waals surface area contributed by atoms with Crippen LogP contribution < -0.4 is 0 Å². The number of carbonyl (C=O) groups is 1. The second-order valence-electron chi connectivity index (χ2n) is 9.19. The van der Waals surface area contributed by atoms with Crippen LogP contribution in [-0.2, 0) is 19.6 Å². The predicted molar refractivity (Wildman–Crippen MR) is 86.8 cm³/mol. The highest BCUT2D eigenvalue weighted by atomic mass is 32.2. The molecule has 1 atom stereocenters. The van der Waals surface area contributed by atoms with E-state index in [4.69, 9.17) is 4.55 Å². The van der Waals surface area contributed by atoms with Gasteiger partial charge in [0.2, 0.25) is 0 Å². The Labute approximate surface area is 159 Å². The number of halogens is 5. The fourth-order valence-corrected chi connectivity index (χ4v) is 6.26. The Balaban J connectivity index is 1.89. The van der Waals surface area contributed by atoms with Gasteiger partial charge in [0.25, 0.3) is 6.10 Å². The van der Waals surface area contributed by atoms with E-state index < -0.39 is 44.5 Å². The van der Waals surface area contributed by atoms with Crippen LogP contribution >= 0.6 is 0 Å². The van der Waals surface area contributed by atoms with Crippen LogP contribution in [0.25, 0.3) is 0 Å². The summed E-state index contributed by atoms with van der Waals surface area (Å²) in [7, 11) is -6.45. The maximum atomic E-state index is 13.8. The van der Waals surface area contributed by atoms with Gasteiger partial charge in [0, 0.05) is 0 Å². The molecule has 0 spiro atoms. The lowest BCUT2D eigenvalue weighted by atomic mass is 9.43. The van der Waals surface area contributed by atoms with Gasteiger partial charge in [-0.05, 0) is 75.5 Å². The first-order valence-electron chi connectivity index (χ1n) is 9.12. The summed E-state index contributed by atoms with van der Waals surface area (Å²) in [5, 5.41) is -5.71. The topological polar surface area (TPSA) is 80.7 Å². The Morgan fingerprint density at radius 3 is 1.71 bits per heavy atom. The first-order chi connectivity index (χ1) is 12.5. The maximum absolute atomic E-state index is 13.8. The number of esters is 1. The minimum atomic E-state index is -6.45. The van der Waals surface area contributed by atoms with Gasteiger partial charge < -0.3 is 4.74 Å². The zero-order chi connectivity index (χ0) is 21.3. The molecule has 0 saturated heterocycles. The number of hydrogen-bond acceptors (Lipinski definition) is 4. The molecule has 1 N–H and O–H groups in total. The van der Waals surface area contributed by atoms with Crippen molar-refractivity contribution in [1.29, 1.82) is 0 Å². The summed E-state index contributed by atoms with van der Waals surface area (Å²) in [5.41, 5.74) is -2.18. The largest absolute Gasteiger partial charge is 0.444 e. The Kier molecular flexibility index (Phi) is 4.86. The number of alkyl halides is 5. The van der Waals surface area contributed by atoms with Crippen molar-refractivity contribution in [2.24, 2.45) is 28.6 Å². The normalized spacial score (nSPS) is 34.4. The van der Waals surface area contributed by atoms with E-state index in [1.807, 2.05) is 0 Å². The van der Waals surface area contributed by atoms with Crippen LogP contribution in [0.1, 0.15) is 52.4 Å². The molecular weight excluding hydrogens is 411 g/mol. The molecule has 4 aliphatic carbocycles. The third kappa shape index (κ3) is 3.32. The maximum Gasteiger partial charge on any atom is 0.432 e. The zero-order valence-corrected chi connectivity index (χ0v) is 16.2. The van der Waals surface area contributed by atoms with Crippen molar-refractivity contribution in [3.63, 3.8) is 0 Å². The van der Waals surface area contributed by atoms with Gasteiger partial charge in [-0.15, -0.1) is 0 Å². The minimum Gasteiger partial charge on any atom is -0.444 e. The number of carbonyl (C=O) groups excluding carboxylic acids is 1. The van der Waals surface area contributed by atoms with E-state index in [-0.39, 0.29) is 0 Å². The van der Waals surface area contributed by atoms with Gasteiger partial charge in [0.1, 0.15) is 0 Å². The average molecular weight is 434 g/mol. The fraction of sp³-hybridized carbons (Fsp3) is 0.941. The minimum absolute atomic E-state index is 0.344. The average Bonchev–Trinajstić information content (AvgIpc) is 2.48. The zero-order valence-electron chi connectivity index (χ0n) is 15.4. The van der Waals surface area contributed by atoms with E-state index >= 15 is 0 Å². The molecule has 162 valence electrons. The Morgan fingerprint density at radius 1 is 1.00 bits per heavy atom. The van der Waals surface area contributed by atoms with Crippen LogP contribution in [0.2, 0.25) is 0 Å². The summed E-state index contributed by atoms with van der Waals surface area (Å²) in [5.74, 6) is -0.497. The van der Waals surface area contributed by atoms with Crippen molar-refractivity contribution < 1.29 is 44.5 Å². The SMILES string of the molecule is CC(C)(C(=O)OC(C(F)(F)F)C(F)(F)S(=O)(=O)O)C12CC3CC(CC(C3)C1)C2. The third-order valence-electron chi connectivity index (χ3n) is 7.05. The standard InChI is InChI=1S/C17H23F5O5S/c1-14(2,15-6-9-3-10(7-15)5-11(4-9)8-15)13(23)27-12(16(18,19)20)17(21,22)28(24,25)26/h9-12H,3-8H2,1-2H3,(H,24,25,26). The van der Waals surface area contributed by atoms with Gasteiger partial charge in [0.15, 0.2) is 0 Å². The van der Waals surface area contributed by atoms with Crippen LogP contribution in [0.5, 0.6) is 0 Å². The second-order valence-corrected chi connectivity index (χ2v) is 10.7. The molecule has 0 aromatic rings. The summed E-state index contributed by atoms with van der Waals surface area (Å²) in [6.07, 6.45) is -5.36. The molecule has 4 rings (SSSR count).